The maximum atomic E-state index is 5.09. The third-order valence-corrected chi connectivity index (χ3v) is 4.47. The van der Waals surface area contributed by atoms with Crippen LogP contribution in [0.15, 0.2) is 34.5 Å². The molecule has 0 fully saturated rings. The fraction of sp³-hybridized carbons (Fsp3) is 0.231. The molecule has 0 aromatic carbocycles. The van der Waals surface area contributed by atoms with Crippen LogP contribution in [0.3, 0.4) is 0 Å². The van der Waals surface area contributed by atoms with Crippen LogP contribution in [0.25, 0.3) is 16.2 Å². The molecular weight excluding hydrogens is 340 g/mol. The Morgan fingerprint density at radius 1 is 1.45 bits per heavy atom. The summed E-state index contributed by atoms with van der Waals surface area (Å²) in [5.41, 5.74) is 1.76. The van der Waals surface area contributed by atoms with E-state index in [4.69, 9.17) is 4.74 Å². The summed E-state index contributed by atoms with van der Waals surface area (Å²) in [5, 5.41) is 3.38. The number of methoxy groups -OCH3 is 1. The fourth-order valence-corrected chi connectivity index (χ4v) is 3.34. The first-order chi connectivity index (χ1) is 9.79. The second-order valence-corrected chi connectivity index (χ2v) is 6.60. The van der Waals surface area contributed by atoms with E-state index in [1.165, 1.54) is 0 Å². The predicted molar refractivity (Wildman–Crippen MR) is 84.4 cm³/mol. The van der Waals surface area contributed by atoms with Gasteiger partial charge in [0.2, 0.25) is 0 Å². The summed E-state index contributed by atoms with van der Waals surface area (Å²) in [6.07, 6.45) is 5.42. The van der Waals surface area contributed by atoms with Crippen LogP contribution in [0.5, 0.6) is 0 Å². The van der Waals surface area contributed by atoms with Crippen molar-refractivity contribution in [2.24, 2.45) is 0 Å². The number of imidazole rings is 1. The number of nitrogens with one attached hydrogen (secondary N) is 1. The Bertz CT molecular complexity index is 724. The Labute approximate surface area is 128 Å². The van der Waals surface area contributed by atoms with E-state index in [9.17, 15) is 0 Å². The van der Waals surface area contributed by atoms with E-state index in [0.29, 0.717) is 6.61 Å². The van der Waals surface area contributed by atoms with Crippen LogP contribution < -0.4 is 5.32 Å². The molecule has 3 aromatic rings. The van der Waals surface area contributed by atoms with E-state index in [2.05, 4.69) is 37.3 Å². The molecule has 3 rings (SSSR count). The number of thiophene rings is 1. The maximum absolute atomic E-state index is 5.09. The van der Waals surface area contributed by atoms with Gasteiger partial charge in [0.15, 0.2) is 5.65 Å². The van der Waals surface area contributed by atoms with Crippen LogP contribution in [-0.2, 0) is 4.74 Å². The van der Waals surface area contributed by atoms with Gasteiger partial charge in [0.25, 0.3) is 0 Å². The second-order valence-electron chi connectivity index (χ2n) is 4.14. The minimum atomic E-state index is 0.645. The van der Waals surface area contributed by atoms with Gasteiger partial charge in [-0.1, -0.05) is 0 Å². The normalized spacial score (nSPS) is 11.1. The lowest BCUT2D eigenvalue weighted by Crippen LogP contribution is -2.09. The third-order valence-electron chi connectivity index (χ3n) is 2.84. The third kappa shape index (κ3) is 2.56. The van der Waals surface area contributed by atoms with Crippen molar-refractivity contribution in [1.29, 1.82) is 0 Å². The smallest absolute Gasteiger partial charge is 0.157 e. The summed E-state index contributed by atoms with van der Waals surface area (Å²) in [6.45, 7) is 1.37. The average molecular weight is 353 g/mol. The van der Waals surface area contributed by atoms with Gasteiger partial charge in [-0.05, 0) is 28.1 Å². The van der Waals surface area contributed by atoms with E-state index >= 15 is 0 Å². The van der Waals surface area contributed by atoms with E-state index < -0.39 is 0 Å². The molecule has 0 bridgehead atoms. The molecule has 0 radical (unpaired) electrons. The fourth-order valence-electron chi connectivity index (χ4n) is 1.96. The molecule has 0 amide bonds. The lowest BCUT2D eigenvalue weighted by molar-refractivity contribution is 0.210. The van der Waals surface area contributed by atoms with Gasteiger partial charge in [-0.2, -0.15) is 0 Å². The zero-order chi connectivity index (χ0) is 13.9. The monoisotopic (exact) mass is 352 g/mol. The van der Waals surface area contributed by atoms with Crippen LogP contribution >= 0.6 is 27.3 Å². The maximum Gasteiger partial charge on any atom is 0.157 e. The topological polar surface area (TPSA) is 51.5 Å². The molecule has 3 aromatic heterocycles. The van der Waals surface area contributed by atoms with Gasteiger partial charge in [0.05, 0.1) is 21.5 Å². The first kappa shape index (κ1) is 13.5. The molecular formula is C13H13BrN4OS. The molecule has 0 unspecified atom stereocenters. The van der Waals surface area contributed by atoms with Crippen molar-refractivity contribution in [1.82, 2.24) is 14.4 Å². The average Bonchev–Trinajstić information content (AvgIpc) is 3.03. The molecule has 20 heavy (non-hydrogen) atoms. The van der Waals surface area contributed by atoms with Crippen LogP contribution in [-0.4, -0.2) is 34.6 Å². The lowest BCUT2D eigenvalue weighted by Gasteiger charge is -2.07. The number of hydrogen-bond donors (Lipinski definition) is 1. The van der Waals surface area contributed by atoms with Gasteiger partial charge < -0.3 is 10.1 Å². The molecule has 0 aliphatic rings. The molecule has 7 heteroatoms. The Morgan fingerprint density at radius 2 is 2.35 bits per heavy atom. The largest absolute Gasteiger partial charge is 0.383 e. The van der Waals surface area contributed by atoms with Crippen LogP contribution in [0.2, 0.25) is 0 Å². The molecule has 0 spiro atoms. The molecule has 0 saturated carbocycles. The highest BCUT2D eigenvalue weighted by molar-refractivity contribution is 9.11. The zero-order valence-electron chi connectivity index (χ0n) is 10.8. The van der Waals surface area contributed by atoms with E-state index in [0.717, 1.165) is 32.4 Å². The van der Waals surface area contributed by atoms with Crippen LogP contribution in [0.1, 0.15) is 0 Å². The van der Waals surface area contributed by atoms with E-state index in [-0.39, 0.29) is 0 Å². The number of nitrogens with zero attached hydrogens (tertiary/aromatic N) is 3. The van der Waals surface area contributed by atoms with Gasteiger partial charge in [0, 0.05) is 26.0 Å². The summed E-state index contributed by atoms with van der Waals surface area (Å²) in [7, 11) is 1.69. The van der Waals surface area contributed by atoms with E-state index in [1.807, 2.05) is 16.7 Å². The van der Waals surface area contributed by atoms with Gasteiger partial charge in [-0.3, -0.25) is 9.38 Å². The summed E-state index contributed by atoms with van der Waals surface area (Å²) >= 11 is 5.15. The number of halogens is 1. The van der Waals surface area contributed by atoms with Crippen molar-refractivity contribution in [3.63, 3.8) is 0 Å². The van der Waals surface area contributed by atoms with Crippen molar-refractivity contribution in [2.45, 2.75) is 0 Å². The SMILES string of the molecule is COCCNc1c(-c2ccc(Br)s2)nc2cnccn12. The van der Waals surface area contributed by atoms with Gasteiger partial charge in [-0.25, -0.2) is 4.98 Å². The molecule has 0 aliphatic carbocycles. The minimum absolute atomic E-state index is 0.645. The van der Waals surface area contributed by atoms with Gasteiger partial charge >= 0.3 is 0 Å². The first-order valence-electron chi connectivity index (χ1n) is 6.10. The highest BCUT2D eigenvalue weighted by Gasteiger charge is 2.15. The Balaban J connectivity index is 2.07. The quantitative estimate of drug-likeness (QED) is 0.716. The lowest BCUT2D eigenvalue weighted by atomic mass is 10.3. The number of ether oxygens (including phenoxy) is 1. The summed E-state index contributed by atoms with van der Waals surface area (Å²) in [6, 6.07) is 4.09. The molecule has 0 atom stereocenters. The standard InChI is InChI=1S/C13H13BrN4OS/c1-19-7-5-16-13-12(9-2-3-10(14)20-9)17-11-8-15-4-6-18(11)13/h2-4,6,8,16H,5,7H2,1H3. The highest BCUT2D eigenvalue weighted by Crippen LogP contribution is 2.35. The Kier molecular flexibility index (Phi) is 4.00. The number of rotatable bonds is 5. The number of anilines is 1. The highest BCUT2D eigenvalue weighted by atomic mass is 79.9. The minimum Gasteiger partial charge on any atom is -0.383 e. The van der Waals surface area contributed by atoms with Gasteiger partial charge in [-0.15, -0.1) is 11.3 Å². The molecule has 3 heterocycles. The van der Waals surface area contributed by atoms with Crippen LogP contribution in [0.4, 0.5) is 5.82 Å². The first-order valence-corrected chi connectivity index (χ1v) is 7.71. The van der Waals surface area contributed by atoms with Crippen molar-refractivity contribution in [2.75, 3.05) is 25.6 Å². The van der Waals surface area contributed by atoms with Crippen molar-refractivity contribution in [3.05, 3.63) is 34.5 Å². The molecule has 5 nitrogen and oxygen atoms in total. The number of fused-ring (bicyclic) bond motifs is 1. The van der Waals surface area contributed by atoms with Gasteiger partial charge in [0.1, 0.15) is 11.5 Å². The number of aromatic nitrogens is 3. The Hall–Kier alpha value is -1.44. The van der Waals surface area contributed by atoms with Crippen molar-refractivity contribution < 1.29 is 4.74 Å². The molecule has 104 valence electrons. The molecule has 1 N–H and O–H groups in total. The summed E-state index contributed by atoms with van der Waals surface area (Å²) < 4.78 is 8.19. The predicted octanol–water partition coefficient (Wildman–Crippen LogP) is 3.28. The second kappa shape index (κ2) is 5.90. The molecule has 0 saturated heterocycles. The summed E-state index contributed by atoms with van der Waals surface area (Å²) in [5.74, 6) is 0.966. The van der Waals surface area contributed by atoms with Crippen molar-refractivity contribution in [3.8, 4) is 10.6 Å². The summed E-state index contributed by atoms with van der Waals surface area (Å²) in [4.78, 5) is 9.89. The van der Waals surface area contributed by atoms with Crippen LogP contribution in [0, 0.1) is 0 Å². The zero-order valence-corrected chi connectivity index (χ0v) is 13.2. The molecule has 0 aliphatic heterocycles. The Morgan fingerprint density at radius 3 is 3.10 bits per heavy atom. The van der Waals surface area contributed by atoms with E-state index in [1.54, 1.807) is 30.8 Å². The van der Waals surface area contributed by atoms with Crippen molar-refractivity contribution >= 4 is 38.7 Å². The number of hydrogen-bond acceptors (Lipinski definition) is 5.